The van der Waals surface area contributed by atoms with Gasteiger partial charge in [-0.1, -0.05) is 122 Å². The number of aliphatic carboxylic acids is 1. The largest absolute Gasteiger partial charge is 2.00 e. The van der Waals surface area contributed by atoms with Gasteiger partial charge in [0.1, 0.15) is 0 Å². The van der Waals surface area contributed by atoms with Crippen LogP contribution in [0.1, 0.15) is 135 Å². The maximum atomic E-state index is 10.4. The van der Waals surface area contributed by atoms with Crippen molar-refractivity contribution in [3.8, 4) is 0 Å². The topological polar surface area (TPSA) is 100 Å². The number of carbonyl (C=O) groups is 2. The normalized spacial score (nSPS) is 9.97. The Bertz CT molecular complexity index is 333. The number of carboxylic acids is 1. The summed E-state index contributed by atoms with van der Waals surface area (Å²) in [5.74, 6) is -0.651. The Labute approximate surface area is 209 Å². The number of unbranched alkanes of at least 4 members (excludes halogenated alkanes) is 18. The number of hydrogen-bond donors (Lipinski definition) is 1. The van der Waals surface area contributed by atoms with Crippen LogP contribution in [0, 0.1) is 0 Å². The van der Waals surface area contributed by atoms with Gasteiger partial charge in [-0.25, -0.2) is 0 Å². The first kappa shape index (κ1) is 33.6. The van der Waals surface area contributed by atoms with Crippen LogP contribution in [0.2, 0.25) is 0 Å². The number of rotatable bonds is 20. The van der Waals surface area contributed by atoms with Crippen LogP contribution < -0.4 is 10.2 Å². The van der Waals surface area contributed by atoms with E-state index in [9.17, 15) is 4.79 Å². The van der Waals surface area contributed by atoms with E-state index < -0.39 is 12.1 Å². The zero-order valence-corrected chi connectivity index (χ0v) is 21.1. The van der Waals surface area contributed by atoms with Crippen molar-refractivity contribution in [1.29, 1.82) is 0 Å². The van der Waals surface area contributed by atoms with Crippen molar-refractivity contribution in [2.45, 2.75) is 135 Å². The molecule has 0 amide bonds. The second-order valence-corrected chi connectivity index (χ2v) is 7.76. The Balaban J connectivity index is -0.00000123. The molecule has 0 aliphatic heterocycles. The Hall–Kier alpha value is -0.000260. The maximum Gasteiger partial charge on any atom is 2.00 e. The van der Waals surface area contributed by atoms with Crippen molar-refractivity contribution in [2.75, 3.05) is 0 Å². The quantitative estimate of drug-likeness (QED) is 0.210. The minimum absolute atomic E-state index is 0. The molecule has 0 spiro atoms. The van der Waals surface area contributed by atoms with E-state index in [-0.39, 0.29) is 37.7 Å². The summed E-state index contributed by atoms with van der Waals surface area (Å²) in [7, 11) is 0. The van der Waals surface area contributed by atoms with E-state index >= 15 is 0 Å². The van der Waals surface area contributed by atoms with Crippen LogP contribution >= 0.6 is 0 Å². The van der Waals surface area contributed by atoms with Gasteiger partial charge < -0.3 is 20.1 Å². The van der Waals surface area contributed by atoms with Crippen LogP contribution in [-0.4, -0.2) is 55.0 Å². The molecular formula is C23H44CaO5. The number of carboxylic acid groups (broad SMARTS) is 3. The van der Waals surface area contributed by atoms with Crippen molar-refractivity contribution < 1.29 is 24.9 Å². The maximum absolute atomic E-state index is 10.4. The zero-order valence-electron chi connectivity index (χ0n) is 18.9. The molecule has 0 aliphatic carbocycles. The van der Waals surface area contributed by atoms with E-state index in [2.05, 4.69) is 6.92 Å². The molecule has 0 bridgehead atoms. The zero-order chi connectivity index (χ0) is 21.3. The molecule has 0 aromatic carbocycles. The minimum atomic E-state index is -2.33. The smallest absolute Gasteiger partial charge is 0.652 e. The van der Waals surface area contributed by atoms with Crippen LogP contribution in [0.3, 0.4) is 0 Å². The second-order valence-electron chi connectivity index (χ2n) is 7.76. The van der Waals surface area contributed by atoms with Gasteiger partial charge in [0, 0.05) is 6.42 Å². The van der Waals surface area contributed by atoms with E-state index in [1.165, 1.54) is 109 Å². The van der Waals surface area contributed by atoms with Crippen molar-refractivity contribution in [2.24, 2.45) is 0 Å². The number of carbonyl (C=O) groups excluding carboxylic acids is 1. The van der Waals surface area contributed by atoms with Gasteiger partial charge in [-0.05, 0) is 12.6 Å². The Morgan fingerprint density at radius 3 is 0.966 bits per heavy atom. The summed E-state index contributed by atoms with van der Waals surface area (Å²) < 4.78 is 0. The first-order valence-corrected chi connectivity index (χ1v) is 11.6. The monoisotopic (exact) mass is 440 g/mol. The predicted molar refractivity (Wildman–Crippen MR) is 117 cm³/mol. The molecular weight excluding hydrogens is 396 g/mol. The Kier molecular flexibility index (Phi) is 35.0. The van der Waals surface area contributed by atoms with E-state index in [1.54, 1.807) is 0 Å². The predicted octanol–water partition coefficient (Wildman–Crippen LogP) is 5.07. The molecule has 0 atom stereocenters. The van der Waals surface area contributed by atoms with Gasteiger partial charge in [-0.15, -0.1) is 0 Å². The molecule has 0 aromatic rings. The Morgan fingerprint density at radius 2 is 0.759 bits per heavy atom. The molecule has 168 valence electrons. The molecule has 0 fully saturated rings. The van der Waals surface area contributed by atoms with Crippen LogP contribution in [0.4, 0.5) is 4.79 Å². The minimum Gasteiger partial charge on any atom is -0.652 e. The summed E-state index contributed by atoms with van der Waals surface area (Å²) in [4.78, 5) is 18.7. The molecule has 0 heterocycles. The summed E-state index contributed by atoms with van der Waals surface area (Å²) in [6.45, 7) is 2.28. The summed E-state index contributed by atoms with van der Waals surface area (Å²) >= 11 is 0. The van der Waals surface area contributed by atoms with Crippen LogP contribution in [0.25, 0.3) is 0 Å². The van der Waals surface area contributed by atoms with Gasteiger partial charge in [0.2, 0.25) is 0 Å². The van der Waals surface area contributed by atoms with Gasteiger partial charge >= 0.3 is 43.7 Å². The molecule has 6 heteroatoms. The van der Waals surface area contributed by atoms with Gasteiger partial charge in [-0.3, -0.25) is 4.79 Å². The summed E-state index contributed by atoms with van der Waals surface area (Å²) in [6.07, 6.45) is 23.8. The first-order valence-electron chi connectivity index (χ1n) is 11.6. The molecule has 5 nitrogen and oxygen atoms in total. The molecule has 0 rings (SSSR count). The third-order valence-electron chi connectivity index (χ3n) is 4.99. The van der Waals surface area contributed by atoms with Crippen LogP contribution in [0.15, 0.2) is 0 Å². The first-order chi connectivity index (χ1) is 13.5. The summed E-state index contributed by atoms with van der Waals surface area (Å²) in [6, 6.07) is 0. The van der Waals surface area contributed by atoms with Crippen molar-refractivity contribution in [3.63, 3.8) is 0 Å². The fraction of sp³-hybridized carbons (Fsp3) is 0.913. The fourth-order valence-electron chi connectivity index (χ4n) is 3.35. The average molecular weight is 441 g/mol. The van der Waals surface area contributed by atoms with Crippen LogP contribution in [0.5, 0.6) is 0 Å². The van der Waals surface area contributed by atoms with E-state index in [0.717, 1.165) is 12.8 Å². The van der Waals surface area contributed by atoms with E-state index in [0.29, 0.717) is 6.42 Å². The summed E-state index contributed by atoms with van der Waals surface area (Å²) in [5.41, 5.74) is 0. The van der Waals surface area contributed by atoms with Gasteiger partial charge in [-0.2, -0.15) is 0 Å². The molecule has 0 saturated heterocycles. The molecule has 0 radical (unpaired) electrons. The molecule has 0 saturated carbocycles. The molecule has 0 aromatic heterocycles. The average Bonchev–Trinajstić information content (AvgIpc) is 2.63. The standard InChI is InChI=1S/C22H44O2.CH2O3.Ca/c1-2-3-4-5-6-7-8-9-10-11-12-13-14-15-16-17-18-19-20-21-22(23)24;2-1(3)4;/h2-21H2,1H3,(H,23,24);(H2,2,3,4);/q;;+2/p-2. The van der Waals surface area contributed by atoms with Crippen molar-refractivity contribution >= 4 is 49.9 Å². The second kappa shape index (κ2) is 30.2. The van der Waals surface area contributed by atoms with E-state index in [4.69, 9.17) is 20.1 Å². The fourth-order valence-corrected chi connectivity index (χ4v) is 3.35. The SMILES string of the molecule is CCCCCCCCCCCCCCCCCCCCCC(=O)O.O=C([O-])[O-].[Ca+2]. The van der Waals surface area contributed by atoms with E-state index in [1.807, 2.05) is 0 Å². The Morgan fingerprint density at radius 1 is 0.552 bits per heavy atom. The molecule has 1 N–H and O–H groups in total. The van der Waals surface area contributed by atoms with Gasteiger partial charge in [0.05, 0.1) is 0 Å². The van der Waals surface area contributed by atoms with Crippen molar-refractivity contribution in [3.05, 3.63) is 0 Å². The van der Waals surface area contributed by atoms with Crippen molar-refractivity contribution in [1.82, 2.24) is 0 Å². The van der Waals surface area contributed by atoms with Crippen LogP contribution in [-0.2, 0) is 4.79 Å². The van der Waals surface area contributed by atoms with Gasteiger partial charge in [0.15, 0.2) is 0 Å². The third kappa shape index (κ3) is 42.9. The molecule has 0 aliphatic rings. The third-order valence-corrected chi connectivity index (χ3v) is 4.99. The summed E-state index contributed by atoms with van der Waals surface area (Å²) in [5, 5.41) is 25.2. The van der Waals surface area contributed by atoms with Gasteiger partial charge in [0.25, 0.3) is 0 Å². The molecule has 29 heavy (non-hydrogen) atoms. The number of hydrogen-bond acceptors (Lipinski definition) is 4. The molecule has 0 unspecified atom stereocenters.